The van der Waals surface area contributed by atoms with E-state index in [1.807, 2.05) is 61.0 Å². The van der Waals surface area contributed by atoms with Crippen LogP contribution in [0.25, 0.3) is 17.1 Å². The molecule has 0 radical (unpaired) electrons. The van der Waals surface area contributed by atoms with Gasteiger partial charge in [0, 0.05) is 30.1 Å². The number of halogens is 3. The van der Waals surface area contributed by atoms with Crippen molar-refractivity contribution in [2.75, 3.05) is 5.32 Å². The largest absolute Gasteiger partial charge is 0.490 e. The third-order valence-electron chi connectivity index (χ3n) is 4.90. The summed E-state index contributed by atoms with van der Waals surface area (Å²) in [4.78, 5) is 22.3. The van der Waals surface area contributed by atoms with Crippen molar-refractivity contribution < 1.29 is 23.1 Å². The van der Waals surface area contributed by atoms with E-state index in [1.165, 1.54) is 5.56 Å². The van der Waals surface area contributed by atoms with E-state index in [0.29, 0.717) is 12.4 Å². The van der Waals surface area contributed by atoms with Crippen molar-refractivity contribution in [3.8, 4) is 17.1 Å². The predicted octanol–water partition coefficient (Wildman–Crippen LogP) is 4.89. The average molecular weight is 484 g/mol. The number of nitrogens with one attached hydrogen (secondary N) is 1. The molecular formula is C24H23F3N6O2. The summed E-state index contributed by atoms with van der Waals surface area (Å²) in [7, 11) is 0. The van der Waals surface area contributed by atoms with Gasteiger partial charge in [-0.1, -0.05) is 24.3 Å². The zero-order chi connectivity index (χ0) is 25.6. The Labute approximate surface area is 199 Å². The van der Waals surface area contributed by atoms with Crippen LogP contribution in [0.5, 0.6) is 0 Å². The highest BCUT2D eigenvalue weighted by Crippen LogP contribution is 2.21. The van der Waals surface area contributed by atoms with Gasteiger partial charge in [0.05, 0.1) is 22.8 Å². The lowest BCUT2D eigenvalue weighted by atomic mass is 10.2. The highest BCUT2D eigenvalue weighted by Gasteiger charge is 2.38. The number of rotatable bonds is 5. The number of benzene rings is 1. The summed E-state index contributed by atoms with van der Waals surface area (Å²) in [5.41, 5.74) is 5.99. The molecular weight excluding hydrogens is 461 g/mol. The second-order valence-corrected chi connectivity index (χ2v) is 7.45. The fourth-order valence-electron chi connectivity index (χ4n) is 3.23. The van der Waals surface area contributed by atoms with Gasteiger partial charge in [-0.2, -0.15) is 18.3 Å². The summed E-state index contributed by atoms with van der Waals surface area (Å²) in [5, 5.41) is 15.3. The first-order valence-electron chi connectivity index (χ1n) is 10.5. The summed E-state index contributed by atoms with van der Waals surface area (Å²) in [6, 6.07) is 17.9. The molecule has 4 aromatic rings. The Morgan fingerprint density at radius 1 is 1.00 bits per heavy atom. The van der Waals surface area contributed by atoms with E-state index in [4.69, 9.17) is 15.0 Å². The summed E-state index contributed by atoms with van der Waals surface area (Å²) in [5.74, 6) is -1.27. The number of aromatic nitrogens is 5. The fourth-order valence-corrected chi connectivity index (χ4v) is 3.23. The number of aliphatic carboxylic acids is 1. The normalized spacial score (nSPS) is 10.9. The molecule has 182 valence electrons. The fraction of sp³-hybridized carbons (Fsp3) is 0.208. The molecule has 2 N–H and O–H groups in total. The van der Waals surface area contributed by atoms with Crippen LogP contribution >= 0.6 is 0 Å². The number of hydrogen-bond acceptors (Lipinski definition) is 6. The zero-order valence-electron chi connectivity index (χ0n) is 19.2. The van der Waals surface area contributed by atoms with E-state index < -0.39 is 12.1 Å². The third-order valence-corrected chi connectivity index (χ3v) is 4.90. The van der Waals surface area contributed by atoms with Crippen LogP contribution < -0.4 is 5.32 Å². The molecule has 0 spiro atoms. The minimum Gasteiger partial charge on any atom is -0.475 e. The van der Waals surface area contributed by atoms with E-state index in [2.05, 4.69) is 39.3 Å². The van der Waals surface area contributed by atoms with Crippen LogP contribution in [-0.4, -0.2) is 42.0 Å². The van der Waals surface area contributed by atoms with Crippen molar-refractivity contribution in [3.05, 3.63) is 83.6 Å². The van der Waals surface area contributed by atoms with Gasteiger partial charge in [0.25, 0.3) is 0 Å². The summed E-state index contributed by atoms with van der Waals surface area (Å²) >= 11 is 0. The molecule has 0 saturated heterocycles. The number of nitrogens with zero attached hydrogens (tertiary/aromatic N) is 5. The van der Waals surface area contributed by atoms with Gasteiger partial charge in [-0.25, -0.2) is 19.4 Å². The first-order chi connectivity index (χ1) is 16.6. The SMILES string of the molecule is Cc1nc(NCc2c(C)nn(-c3ccccc3)c2C)cc(-c2ccccn2)n1.O=C(O)C(F)(F)F. The number of aryl methyl sites for hydroxylation is 2. The van der Waals surface area contributed by atoms with Crippen LogP contribution in [0.15, 0.2) is 60.8 Å². The maximum absolute atomic E-state index is 10.6. The molecule has 8 nitrogen and oxygen atoms in total. The van der Waals surface area contributed by atoms with Crippen LogP contribution in [-0.2, 0) is 11.3 Å². The first-order valence-corrected chi connectivity index (χ1v) is 10.5. The molecule has 0 fully saturated rings. The molecule has 0 atom stereocenters. The Kier molecular flexibility index (Phi) is 7.80. The van der Waals surface area contributed by atoms with Gasteiger partial charge in [0.2, 0.25) is 0 Å². The Morgan fingerprint density at radius 2 is 1.66 bits per heavy atom. The minimum absolute atomic E-state index is 0.641. The van der Waals surface area contributed by atoms with Crippen LogP contribution in [0.1, 0.15) is 22.8 Å². The van der Waals surface area contributed by atoms with Crippen molar-refractivity contribution in [3.63, 3.8) is 0 Å². The Morgan fingerprint density at radius 3 is 2.26 bits per heavy atom. The van der Waals surface area contributed by atoms with Crippen LogP contribution in [0, 0.1) is 20.8 Å². The number of pyridine rings is 1. The molecule has 0 aliphatic heterocycles. The summed E-state index contributed by atoms with van der Waals surface area (Å²) in [6.07, 6.45) is -3.31. The molecule has 11 heteroatoms. The summed E-state index contributed by atoms with van der Waals surface area (Å²) < 4.78 is 33.7. The first kappa shape index (κ1) is 25.3. The second kappa shape index (κ2) is 10.8. The summed E-state index contributed by atoms with van der Waals surface area (Å²) in [6.45, 7) is 6.66. The number of alkyl halides is 3. The lowest BCUT2D eigenvalue weighted by Crippen LogP contribution is -2.21. The highest BCUT2D eigenvalue weighted by molar-refractivity contribution is 5.73. The van der Waals surface area contributed by atoms with Crippen molar-refractivity contribution in [2.45, 2.75) is 33.5 Å². The molecule has 3 aromatic heterocycles. The van der Waals surface area contributed by atoms with Crippen LogP contribution in [0.4, 0.5) is 19.0 Å². The lowest BCUT2D eigenvalue weighted by Gasteiger charge is -2.09. The molecule has 0 saturated carbocycles. The second-order valence-electron chi connectivity index (χ2n) is 7.45. The maximum atomic E-state index is 10.6. The van der Waals surface area contributed by atoms with Gasteiger partial charge in [0.1, 0.15) is 11.6 Å². The Bertz CT molecular complexity index is 1290. The van der Waals surface area contributed by atoms with Crippen molar-refractivity contribution in [2.24, 2.45) is 0 Å². The molecule has 0 unspecified atom stereocenters. The minimum atomic E-state index is -5.08. The van der Waals surface area contributed by atoms with Gasteiger partial charge < -0.3 is 10.4 Å². The maximum Gasteiger partial charge on any atom is 0.490 e. The number of para-hydroxylation sites is 1. The average Bonchev–Trinajstić information content (AvgIpc) is 3.11. The number of anilines is 1. The molecule has 0 bridgehead atoms. The van der Waals surface area contributed by atoms with Gasteiger partial charge in [-0.05, 0) is 45.0 Å². The van der Waals surface area contributed by atoms with Crippen molar-refractivity contribution in [1.29, 1.82) is 0 Å². The van der Waals surface area contributed by atoms with Gasteiger partial charge in [-0.15, -0.1) is 0 Å². The van der Waals surface area contributed by atoms with Crippen molar-refractivity contribution in [1.82, 2.24) is 24.7 Å². The van der Waals surface area contributed by atoms with Gasteiger partial charge in [0.15, 0.2) is 0 Å². The molecule has 35 heavy (non-hydrogen) atoms. The van der Waals surface area contributed by atoms with E-state index >= 15 is 0 Å². The molecule has 3 heterocycles. The Hall–Kier alpha value is -4.28. The Balaban J connectivity index is 0.000000429. The van der Waals surface area contributed by atoms with E-state index in [0.717, 1.165) is 34.3 Å². The van der Waals surface area contributed by atoms with E-state index in [-0.39, 0.29) is 0 Å². The van der Waals surface area contributed by atoms with E-state index in [9.17, 15) is 13.2 Å². The molecule has 4 rings (SSSR count). The van der Waals surface area contributed by atoms with E-state index in [1.54, 1.807) is 6.20 Å². The number of carbonyl (C=O) groups is 1. The smallest absolute Gasteiger partial charge is 0.475 e. The number of carboxylic acid groups (broad SMARTS) is 1. The third kappa shape index (κ3) is 6.62. The monoisotopic (exact) mass is 484 g/mol. The topological polar surface area (TPSA) is 106 Å². The molecule has 1 aromatic carbocycles. The highest BCUT2D eigenvalue weighted by atomic mass is 19.4. The number of hydrogen-bond donors (Lipinski definition) is 2. The van der Waals surface area contributed by atoms with Gasteiger partial charge >= 0.3 is 12.1 Å². The molecule has 0 aliphatic rings. The quantitative estimate of drug-likeness (QED) is 0.415. The van der Waals surface area contributed by atoms with Crippen LogP contribution in [0.3, 0.4) is 0 Å². The lowest BCUT2D eigenvalue weighted by molar-refractivity contribution is -0.192. The van der Waals surface area contributed by atoms with Gasteiger partial charge in [-0.3, -0.25) is 4.98 Å². The predicted molar refractivity (Wildman–Crippen MR) is 124 cm³/mol. The standard InChI is InChI=1S/C22H22N6.C2HF3O2/c1-15-19(16(2)28(27-15)18-9-5-4-6-10-18)14-24-22-13-21(25-17(3)26-22)20-11-7-8-12-23-20;3-2(4,5)1(6)7/h4-13H,14H2,1-3H3,(H,24,25,26);(H,6,7). The molecule has 0 amide bonds. The number of carboxylic acids is 1. The zero-order valence-corrected chi connectivity index (χ0v) is 19.2. The molecule has 0 aliphatic carbocycles. The van der Waals surface area contributed by atoms with Crippen LogP contribution in [0.2, 0.25) is 0 Å². The van der Waals surface area contributed by atoms with Crippen molar-refractivity contribution >= 4 is 11.8 Å².